The monoisotopic (exact) mass is 311 g/mol. The molecule has 0 aliphatic heterocycles. The summed E-state index contributed by atoms with van der Waals surface area (Å²) in [6.45, 7) is 0.510. The van der Waals surface area contributed by atoms with Gasteiger partial charge in [0.1, 0.15) is 11.5 Å². The molecule has 0 spiro atoms. The first-order chi connectivity index (χ1) is 10.2. The van der Waals surface area contributed by atoms with Crippen molar-refractivity contribution in [3.05, 3.63) is 23.8 Å². The van der Waals surface area contributed by atoms with E-state index < -0.39 is 0 Å². The highest BCUT2D eigenvalue weighted by atomic mass is 35.5. The van der Waals surface area contributed by atoms with E-state index in [4.69, 9.17) is 16.3 Å². The zero-order valence-corrected chi connectivity index (χ0v) is 13.1. The second kappa shape index (κ2) is 7.55. The lowest BCUT2D eigenvalue weighted by Gasteiger charge is -2.34. The molecule has 0 atom stereocenters. The van der Waals surface area contributed by atoms with Crippen LogP contribution in [0, 0.1) is 0 Å². The van der Waals surface area contributed by atoms with E-state index in [0.29, 0.717) is 23.7 Å². The summed E-state index contributed by atoms with van der Waals surface area (Å²) in [5.41, 5.74) is 0.312. The zero-order chi connectivity index (χ0) is 15.2. The van der Waals surface area contributed by atoms with Crippen molar-refractivity contribution in [2.75, 3.05) is 19.5 Å². The number of carbonyl (C=O) groups is 1. The van der Waals surface area contributed by atoms with Gasteiger partial charge in [0.25, 0.3) is 5.91 Å². The molecular formula is C16H22ClNO3. The Bertz CT molecular complexity index is 486. The topological polar surface area (TPSA) is 49.8 Å². The third kappa shape index (κ3) is 3.82. The molecule has 0 radical (unpaired) electrons. The van der Waals surface area contributed by atoms with Crippen LogP contribution < -0.4 is 4.74 Å². The fraction of sp³-hybridized carbons (Fsp3) is 0.562. The number of aromatic hydroxyl groups is 1. The SMILES string of the molecule is COc1ccc(C(=O)N(CCCl)C2CCCCC2)c(O)c1. The molecule has 1 aliphatic carbocycles. The van der Waals surface area contributed by atoms with Gasteiger partial charge in [0.05, 0.1) is 12.7 Å². The maximum Gasteiger partial charge on any atom is 0.257 e. The van der Waals surface area contributed by atoms with E-state index in [9.17, 15) is 9.90 Å². The number of alkyl halides is 1. The van der Waals surface area contributed by atoms with E-state index in [1.165, 1.54) is 19.6 Å². The number of phenols is 1. The molecule has 0 unspecified atom stereocenters. The molecule has 1 aromatic carbocycles. The summed E-state index contributed by atoms with van der Waals surface area (Å²) < 4.78 is 5.05. The van der Waals surface area contributed by atoms with E-state index in [0.717, 1.165) is 25.7 Å². The van der Waals surface area contributed by atoms with Crippen molar-refractivity contribution in [3.8, 4) is 11.5 Å². The summed E-state index contributed by atoms with van der Waals surface area (Å²) in [6, 6.07) is 4.99. The van der Waals surface area contributed by atoms with Crippen LogP contribution in [0.1, 0.15) is 42.5 Å². The largest absolute Gasteiger partial charge is 0.507 e. The molecule has 2 rings (SSSR count). The van der Waals surface area contributed by atoms with Crippen LogP contribution in [0.2, 0.25) is 0 Å². The predicted molar refractivity (Wildman–Crippen MR) is 83.3 cm³/mol. The molecule has 0 heterocycles. The van der Waals surface area contributed by atoms with Gasteiger partial charge in [-0.05, 0) is 25.0 Å². The molecule has 0 bridgehead atoms. The predicted octanol–water partition coefficient (Wildman–Crippen LogP) is 3.41. The first-order valence-electron chi connectivity index (χ1n) is 7.41. The average Bonchev–Trinajstić information content (AvgIpc) is 2.52. The molecule has 1 fully saturated rings. The van der Waals surface area contributed by atoms with Crippen molar-refractivity contribution >= 4 is 17.5 Å². The maximum atomic E-state index is 12.7. The van der Waals surface area contributed by atoms with Gasteiger partial charge in [0, 0.05) is 24.5 Å². The fourth-order valence-corrected chi connectivity index (χ4v) is 3.09. The minimum atomic E-state index is -0.150. The highest BCUT2D eigenvalue weighted by Crippen LogP contribution is 2.28. The Morgan fingerprint density at radius 3 is 2.67 bits per heavy atom. The molecule has 5 heteroatoms. The summed E-state index contributed by atoms with van der Waals surface area (Å²) in [5.74, 6) is 0.738. The van der Waals surface area contributed by atoms with Crippen molar-refractivity contribution in [2.45, 2.75) is 38.1 Å². The summed E-state index contributed by atoms with van der Waals surface area (Å²) in [6.07, 6.45) is 5.54. The van der Waals surface area contributed by atoms with Crippen LogP contribution >= 0.6 is 11.6 Å². The highest BCUT2D eigenvalue weighted by molar-refractivity contribution is 6.18. The number of phenolic OH excluding ortho intramolecular Hbond substituents is 1. The van der Waals surface area contributed by atoms with Crippen LogP contribution in [0.25, 0.3) is 0 Å². The van der Waals surface area contributed by atoms with E-state index >= 15 is 0 Å². The van der Waals surface area contributed by atoms with E-state index in [2.05, 4.69) is 0 Å². The van der Waals surface area contributed by atoms with Crippen molar-refractivity contribution in [1.29, 1.82) is 0 Å². The first kappa shape index (κ1) is 16.0. The average molecular weight is 312 g/mol. The van der Waals surface area contributed by atoms with Crippen molar-refractivity contribution in [1.82, 2.24) is 4.90 Å². The molecule has 1 N–H and O–H groups in total. The Labute approximate surface area is 130 Å². The minimum absolute atomic E-state index is 0.0465. The Balaban J connectivity index is 2.21. The lowest BCUT2D eigenvalue weighted by molar-refractivity contribution is 0.0646. The number of hydrogen-bond acceptors (Lipinski definition) is 3. The molecule has 1 aliphatic rings. The quantitative estimate of drug-likeness (QED) is 0.848. The van der Waals surface area contributed by atoms with Crippen molar-refractivity contribution in [2.24, 2.45) is 0 Å². The molecule has 21 heavy (non-hydrogen) atoms. The van der Waals surface area contributed by atoms with E-state index in [1.54, 1.807) is 12.1 Å². The fourth-order valence-electron chi connectivity index (χ4n) is 2.91. The molecule has 1 amide bonds. The second-order valence-corrected chi connectivity index (χ2v) is 5.74. The summed E-state index contributed by atoms with van der Waals surface area (Å²) in [7, 11) is 1.53. The van der Waals surface area contributed by atoms with Gasteiger partial charge in [-0.25, -0.2) is 0 Å². The Morgan fingerprint density at radius 1 is 1.38 bits per heavy atom. The summed E-state index contributed by atoms with van der Waals surface area (Å²) in [5, 5.41) is 10.0. The van der Waals surface area contributed by atoms with Gasteiger partial charge in [0.15, 0.2) is 0 Å². The Morgan fingerprint density at radius 2 is 2.10 bits per heavy atom. The van der Waals surface area contributed by atoms with Crippen molar-refractivity contribution < 1.29 is 14.6 Å². The van der Waals surface area contributed by atoms with Crippen LogP contribution in [0.4, 0.5) is 0 Å². The smallest absolute Gasteiger partial charge is 0.257 e. The van der Waals surface area contributed by atoms with E-state index in [1.807, 2.05) is 4.90 Å². The van der Waals surface area contributed by atoms with E-state index in [-0.39, 0.29) is 17.7 Å². The lowest BCUT2D eigenvalue weighted by atomic mass is 9.93. The Kier molecular flexibility index (Phi) is 5.74. The Hall–Kier alpha value is -1.42. The highest BCUT2D eigenvalue weighted by Gasteiger charge is 2.27. The summed E-state index contributed by atoms with van der Waals surface area (Å²) in [4.78, 5) is 14.5. The molecule has 0 aromatic heterocycles. The lowest BCUT2D eigenvalue weighted by Crippen LogP contribution is -2.42. The van der Waals surface area contributed by atoms with Crippen LogP contribution in [0.5, 0.6) is 11.5 Å². The molecule has 0 saturated heterocycles. The van der Waals surface area contributed by atoms with Gasteiger partial charge in [-0.3, -0.25) is 4.79 Å². The minimum Gasteiger partial charge on any atom is -0.507 e. The zero-order valence-electron chi connectivity index (χ0n) is 12.3. The normalized spacial score (nSPS) is 15.7. The van der Waals surface area contributed by atoms with Crippen LogP contribution in [-0.4, -0.2) is 41.5 Å². The third-order valence-corrected chi connectivity index (χ3v) is 4.21. The van der Waals surface area contributed by atoms with Gasteiger partial charge < -0.3 is 14.7 Å². The number of methoxy groups -OCH3 is 1. The van der Waals surface area contributed by atoms with Gasteiger partial charge in [-0.1, -0.05) is 19.3 Å². The number of ether oxygens (including phenoxy) is 1. The second-order valence-electron chi connectivity index (χ2n) is 5.36. The van der Waals surface area contributed by atoms with Crippen LogP contribution in [0.15, 0.2) is 18.2 Å². The third-order valence-electron chi connectivity index (χ3n) is 4.04. The first-order valence-corrected chi connectivity index (χ1v) is 7.94. The maximum absolute atomic E-state index is 12.7. The van der Waals surface area contributed by atoms with Crippen LogP contribution in [-0.2, 0) is 0 Å². The summed E-state index contributed by atoms with van der Waals surface area (Å²) >= 11 is 5.86. The molecule has 1 aromatic rings. The van der Waals surface area contributed by atoms with Gasteiger partial charge in [-0.15, -0.1) is 11.6 Å². The molecular weight excluding hydrogens is 290 g/mol. The number of carbonyl (C=O) groups excluding carboxylic acids is 1. The van der Waals surface area contributed by atoms with Crippen LogP contribution in [0.3, 0.4) is 0 Å². The number of benzene rings is 1. The van der Waals surface area contributed by atoms with Crippen molar-refractivity contribution in [3.63, 3.8) is 0 Å². The number of hydrogen-bond donors (Lipinski definition) is 1. The number of nitrogens with zero attached hydrogens (tertiary/aromatic N) is 1. The van der Waals surface area contributed by atoms with Gasteiger partial charge in [0.2, 0.25) is 0 Å². The molecule has 4 nitrogen and oxygen atoms in total. The number of halogens is 1. The number of rotatable bonds is 5. The number of amides is 1. The molecule has 116 valence electrons. The standard InChI is InChI=1S/C16H22ClNO3/c1-21-13-7-8-14(15(19)11-13)16(20)18(10-9-17)12-5-3-2-4-6-12/h7-8,11-12,19H,2-6,9-10H2,1H3. The van der Waals surface area contributed by atoms with Gasteiger partial charge >= 0.3 is 0 Å². The molecule has 1 saturated carbocycles. The van der Waals surface area contributed by atoms with Gasteiger partial charge in [-0.2, -0.15) is 0 Å².